The molecule has 2 saturated heterocycles. The van der Waals surface area contributed by atoms with Gasteiger partial charge in [0.25, 0.3) is 5.91 Å². The molecule has 2 aliphatic heterocycles. The van der Waals surface area contributed by atoms with Gasteiger partial charge in [-0.15, -0.1) is 0 Å². The lowest BCUT2D eigenvalue weighted by Crippen LogP contribution is -2.38. The van der Waals surface area contributed by atoms with Gasteiger partial charge in [0.15, 0.2) is 0 Å². The van der Waals surface area contributed by atoms with Crippen LogP contribution in [0.2, 0.25) is 0 Å². The first-order chi connectivity index (χ1) is 14.9. The molecule has 4 rings (SSSR count). The minimum atomic E-state index is -3.62. The Hall–Kier alpha value is -2.27. The van der Waals surface area contributed by atoms with Gasteiger partial charge in [0.1, 0.15) is 0 Å². The second-order valence-corrected chi connectivity index (χ2v) is 9.87. The number of aromatic amines is 1. The van der Waals surface area contributed by atoms with Crippen molar-refractivity contribution < 1.29 is 17.9 Å². The van der Waals surface area contributed by atoms with Crippen molar-refractivity contribution in [2.75, 3.05) is 52.5 Å². The molecule has 31 heavy (non-hydrogen) atoms. The minimum Gasteiger partial charge on any atom is -0.379 e. The van der Waals surface area contributed by atoms with Crippen LogP contribution in [0, 0.1) is 0 Å². The van der Waals surface area contributed by atoms with Crippen LogP contribution in [-0.4, -0.2) is 81.0 Å². The smallest absolute Gasteiger partial charge is 0.252 e. The molecule has 2 N–H and O–H groups in total. The quantitative estimate of drug-likeness (QED) is 0.605. The molecule has 10 heteroatoms. The highest BCUT2D eigenvalue weighted by molar-refractivity contribution is 7.89. The third kappa shape index (κ3) is 4.98. The van der Waals surface area contributed by atoms with Crippen LogP contribution >= 0.6 is 0 Å². The van der Waals surface area contributed by atoms with Gasteiger partial charge in [0.05, 0.1) is 23.7 Å². The predicted molar refractivity (Wildman–Crippen MR) is 117 cm³/mol. The molecular weight excluding hydrogens is 420 g/mol. The van der Waals surface area contributed by atoms with Crippen LogP contribution in [0.25, 0.3) is 10.9 Å². The topological polar surface area (TPSA) is 112 Å². The molecule has 168 valence electrons. The van der Waals surface area contributed by atoms with Gasteiger partial charge >= 0.3 is 0 Å². The van der Waals surface area contributed by atoms with Crippen molar-refractivity contribution in [3.63, 3.8) is 0 Å². The first-order valence-electron chi connectivity index (χ1n) is 10.7. The monoisotopic (exact) mass is 448 g/mol. The van der Waals surface area contributed by atoms with Gasteiger partial charge < -0.3 is 15.0 Å². The van der Waals surface area contributed by atoms with Crippen LogP contribution in [0.15, 0.2) is 34.0 Å². The van der Waals surface area contributed by atoms with E-state index >= 15 is 0 Å². The Balaban J connectivity index is 1.51. The van der Waals surface area contributed by atoms with Crippen LogP contribution in [0.4, 0.5) is 0 Å². The number of nitrogens with zero attached hydrogens (tertiary/aromatic N) is 2. The molecule has 2 aliphatic rings. The summed E-state index contributed by atoms with van der Waals surface area (Å²) in [6.45, 7) is 5.57. The summed E-state index contributed by atoms with van der Waals surface area (Å²) in [7, 11) is -3.62. The number of H-pyrrole nitrogens is 1. The Morgan fingerprint density at radius 1 is 1.10 bits per heavy atom. The predicted octanol–water partition coefficient (Wildman–Crippen LogP) is 0.765. The van der Waals surface area contributed by atoms with E-state index < -0.39 is 15.6 Å². The first kappa shape index (κ1) is 21.9. The highest BCUT2D eigenvalue weighted by Crippen LogP contribution is 2.25. The molecule has 2 fully saturated rings. The number of hydrogen-bond donors (Lipinski definition) is 2. The van der Waals surface area contributed by atoms with Crippen LogP contribution in [0.3, 0.4) is 0 Å². The first-order valence-corrected chi connectivity index (χ1v) is 12.1. The van der Waals surface area contributed by atoms with Gasteiger partial charge in [-0.25, -0.2) is 8.42 Å². The Kier molecular flexibility index (Phi) is 6.71. The van der Waals surface area contributed by atoms with E-state index in [1.165, 1.54) is 22.5 Å². The van der Waals surface area contributed by atoms with Crippen LogP contribution in [0.5, 0.6) is 0 Å². The number of amides is 1. The number of sulfonamides is 1. The summed E-state index contributed by atoms with van der Waals surface area (Å²) >= 11 is 0. The number of carbonyl (C=O) groups excluding carboxylic acids is 1. The van der Waals surface area contributed by atoms with Crippen molar-refractivity contribution in [1.29, 1.82) is 0 Å². The molecule has 0 bridgehead atoms. The highest BCUT2D eigenvalue weighted by atomic mass is 32.2. The van der Waals surface area contributed by atoms with E-state index in [-0.39, 0.29) is 16.4 Å². The molecule has 0 aliphatic carbocycles. The van der Waals surface area contributed by atoms with Crippen LogP contribution in [-0.2, 0) is 14.8 Å². The van der Waals surface area contributed by atoms with Crippen molar-refractivity contribution in [3.05, 3.63) is 40.2 Å². The van der Waals surface area contributed by atoms with E-state index in [0.29, 0.717) is 30.5 Å². The normalized spacial score (nSPS) is 18.5. The Labute approximate surface area is 181 Å². The zero-order chi connectivity index (χ0) is 21.8. The third-order valence-electron chi connectivity index (χ3n) is 5.80. The van der Waals surface area contributed by atoms with Crippen molar-refractivity contribution in [2.24, 2.45) is 0 Å². The molecule has 3 heterocycles. The van der Waals surface area contributed by atoms with Gasteiger partial charge in [0.2, 0.25) is 15.6 Å². The maximum absolute atomic E-state index is 12.9. The average molecular weight is 449 g/mol. The number of pyridine rings is 1. The number of nitrogens with one attached hydrogen (secondary N) is 2. The Bertz CT molecular complexity index is 1100. The second kappa shape index (κ2) is 9.47. The number of morpholine rings is 1. The van der Waals surface area contributed by atoms with Crippen molar-refractivity contribution >= 4 is 26.8 Å². The summed E-state index contributed by atoms with van der Waals surface area (Å²) in [5, 5.41) is 3.28. The lowest BCUT2D eigenvalue weighted by molar-refractivity contribution is 0.0374. The van der Waals surface area contributed by atoms with E-state index in [1.54, 1.807) is 6.07 Å². The summed E-state index contributed by atoms with van der Waals surface area (Å²) in [5.41, 5.74) is 0.219. The summed E-state index contributed by atoms with van der Waals surface area (Å²) in [5.74, 6) is -0.381. The number of ether oxygens (including phenoxy) is 1. The van der Waals surface area contributed by atoms with Gasteiger partial charge in [-0.1, -0.05) is 0 Å². The van der Waals surface area contributed by atoms with E-state index in [2.05, 4.69) is 15.2 Å². The minimum absolute atomic E-state index is 0.135. The van der Waals surface area contributed by atoms with E-state index in [9.17, 15) is 18.0 Å². The molecule has 9 nitrogen and oxygen atoms in total. The van der Waals surface area contributed by atoms with Crippen LogP contribution in [0.1, 0.15) is 29.6 Å². The molecule has 1 amide bonds. The van der Waals surface area contributed by atoms with Crippen molar-refractivity contribution in [1.82, 2.24) is 19.5 Å². The average Bonchev–Trinajstić information content (AvgIpc) is 3.32. The molecule has 0 radical (unpaired) electrons. The van der Waals surface area contributed by atoms with Gasteiger partial charge in [-0.3, -0.25) is 14.5 Å². The van der Waals surface area contributed by atoms with E-state index in [0.717, 1.165) is 52.1 Å². The molecule has 1 aromatic heterocycles. The van der Waals surface area contributed by atoms with E-state index in [4.69, 9.17) is 4.74 Å². The molecule has 0 atom stereocenters. The van der Waals surface area contributed by atoms with E-state index in [1.807, 2.05) is 0 Å². The molecule has 0 saturated carbocycles. The Morgan fingerprint density at radius 2 is 1.84 bits per heavy atom. The zero-order valence-corrected chi connectivity index (χ0v) is 18.2. The number of carbonyl (C=O) groups is 1. The fourth-order valence-electron chi connectivity index (χ4n) is 4.08. The fraction of sp³-hybridized carbons (Fsp3) is 0.524. The number of hydrogen-bond acceptors (Lipinski definition) is 6. The standard InChI is InChI=1S/C21H28N4O5S/c26-20-15-18(21(27)22-6-3-7-24-10-12-30-13-11-24)17-14-16(4-5-19(17)23-20)31(28,29)25-8-1-2-9-25/h4-5,14-15H,1-3,6-13H2,(H,22,27)(H,23,26). The maximum atomic E-state index is 12.9. The second-order valence-electron chi connectivity index (χ2n) is 7.93. The maximum Gasteiger partial charge on any atom is 0.252 e. The Morgan fingerprint density at radius 3 is 2.58 bits per heavy atom. The number of aromatic nitrogens is 1. The highest BCUT2D eigenvalue weighted by Gasteiger charge is 2.27. The fourth-order valence-corrected chi connectivity index (χ4v) is 5.63. The zero-order valence-electron chi connectivity index (χ0n) is 17.4. The van der Waals surface area contributed by atoms with Crippen molar-refractivity contribution in [2.45, 2.75) is 24.2 Å². The lowest BCUT2D eigenvalue weighted by Gasteiger charge is -2.26. The SMILES string of the molecule is O=C(NCCCN1CCOCC1)c1cc(=O)[nH]c2ccc(S(=O)(=O)N3CCCC3)cc12. The van der Waals surface area contributed by atoms with Crippen LogP contribution < -0.4 is 10.9 Å². The number of benzene rings is 1. The summed E-state index contributed by atoms with van der Waals surface area (Å²) in [6, 6.07) is 5.75. The molecule has 0 spiro atoms. The molecule has 0 unspecified atom stereocenters. The van der Waals surface area contributed by atoms with Gasteiger partial charge in [0, 0.05) is 49.7 Å². The van der Waals surface area contributed by atoms with Crippen molar-refractivity contribution in [3.8, 4) is 0 Å². The molecular formula is C21H28N4O5S. The van der Waals surface area contributed by atoms with Gasteiger partial charge in [-0.2, -0.15) is 4.31 Å². The lowest BCUT2D eigenvalue weighted by atomic mass is 10.1. The summed E-state index contributed by atoms with van der Waals surface area (Å²) in [6.07, 6.45) is 2.47. The van der Waals surface area contributed by atoms with Gasteiger partial charge in [-0.05, 0) is 44.0 Å². The third-order valence-corrected chi connectivity index (χ3v) is 7.70. The summed E-state index contributed by atoms with van der Waals surface area (Å²) in [4.78, 5) is 30.0. The number of fused-ring (bicyclic) bond motifs is 1. The largest absolute Gasteiger partial charge is 0.379 e. The summed E-state index contributed by atoms with van der Waals surface area (Å²) < 4.78 is 32.6. The molecule has 2 aromatic rings. The number of rotatable bonds is 7. The molecule has 1 aromatic carbocycles.